The molecule has 0 amide bonds. The minimum Gasteiger partial charge on any atom is -0.387 e. The Kier molecular flexibility index (Phi) is 5.35. The molecule has 1 unspecified atom stereocenters. The molecule has 0 bridgehead atoms. The number of aliphatic hydroxyl groups excluding tert-OH is 2. The standard InChI is InChI=1S/C20H24N6O5S/c21-32(29,30)24-9-15-16(27)17(28)20(31-15)26-8-7-13-18(22-10-23-19(13)26)25-14-6-5-11-3-1-2-4-12(11)14/h1-4,7-8,10,14-17,20,24,27-28H,5-6,9H2,(H2,21,29,30)(H,22,23,25)/t14?,15-,16-,17-,20-/m1/s1. The fourth-order valence-electron chi connectivity index (χ4n) is 4.49. The van der Waals surface area contributed by atoms with E-state index in [2.05, 4.69) is 32.1 Å². The van der Waals surface area contributed by atoms with Gasteiger partial charge in [0, 0.05) is 12.7 Å². The van der Waals surface area contributed by atoms with E-state index in [0.717, 1.165) is 18.2 Å². The summed E-state index contributed by atoms with van der Waals surface area (Å²) >= 11 is 0. The first-order chi connectivity index (χ1) is 15.3. The van der Waals surface area contributed by atoms with E-state index >= 15 is 0 Å². The van der Waals surface area contributed by atoms with Crippen molar-refractivity contribution in [1.29, 1.82) is 0 Å². The van der Waals surface area contributed by atoms with Crippen LogP contribution < -0.4 is 15.2 Å². The average Bonchev–Trinajstić information content (AvgIpc) is 3.44. The van der Waals surface area contributed by atoms with E-state index in [1.54, 1.807) is 10.8 Å². The molecule has 0 saturated carbocycles. The van der Waals surface area contributed by atoms with E-state index in [1.807, 2.05) is 18.2 Å². The molecule has 11 nitrogen and oxygen atoms in total. The van der Waals surface area contributed by atoms with Gasteiger partial charge >= 0.3 is 0 Å². The van der Waals surface area contributed by atoms with Crippen molar-refractivity contribution in [2.75, 3.05) is 11.9 Å². The molecule has 5 atom stereocenters. The summed E-state index contributed by atoms with van der Waals surface area (Å²) in [5.41, 5.74) is 3.09. The zero-order chi connectivity index (χ0) is 22.5. The first-order valence-corrected chi connectivity index (χ1v) is 11.8. The van der Waals surface area contributed by atoms with Gasteiger partial charge in [-0.25, -0.2) is 15.1 Å². The van der Waals surface area contributed by atoms with Gasteiger partial charge in [0.2, 0.25) is 0 Å². The van der Waals surface area contributed by atoms with Gasteiger partial charge in [-0.3, -0.25) is 0 Å². The lowest BCUT2D eigenvalue weighted by Crippen LogP contribution is -2.42. The molecule has 2 aromatic heterocycles. The third-order valence-corrected chi connectivity index (χ3v) is 6.62. The summed E-state index contributed by atoms with van der Waals surface area (Å²) in [5.74, 6) is 0.663. The summed E-state index contributed by atoms with van der Waals surface area (Å²) in [6.45, 7) is -0.268. The Morgan fingerprint density at radius 1 is 1.19 bits per heavy atom. The molecule has 1 aliphatic heterocycles. The molecule has 2 aliphatic rings. The number of benzene rings is 1. The molecule has 170 valence electrons. The number of hydrogen-bond acceptors (Lipinski definition) is 8. The van der Waals surface area contributed by atoms with Gasteiger partial charge in [-0.15, -0.1) is 0 Å². The maximum Gasteiger partial charge on any atom is 0.274 e. The summed E-state index contributed by atoms with van der Waals surface area (Å²) in [7, 11) is -3.96. The number of nitrogens with one attached hydrogen (secondary N) is 2. The first-order valence-electron chi connectivity index (χ1n) is 10.3. The number of ether oxygens (including phenoxy) is 1. The van der Waals surface area contributed by atoms with Crippen molar-refractivity contribution in [3.05, 3.63) is 54.0 Å². The highest BCUT2D eigenvalue weighted by Gasteiger charge is 2.44. The molecule has 1 saturated heterocycles. The molecule has 32 heavy (non-hydrogen) atoms. The topological polar surface area (TPSA) is 165 Å². The number of nitrogens with two attached hydrogens (primary N) is 1. The van der Waals surface area contributed by atoms with Gasteiger partial charge < -0.3 is 24.8 Å². The van der Waals surface area contributed by atoms with E-state index in [-0.39, 0.29) is 12.6 Å². The highest BCUT2D eigenvalue weighted by atomic mass is 32.2. The molecular weight excluding hydrogens is 436 g/mol. The Morgan fingerprint density at radius 2 is 2.00 bits per heavy atom. The summed E-state index contributed by atoms with van der Waals surface area (Å²) < 4.78 is 31.8. The Hall–Kier alpha value is -2.61. The number of aryl methyl sites for hydroxylation is 1. The molecule has 3 aromatic rings. The fourth-order valence-corrected chi connectivity index (χ4v) is 4.89. The molecule has 12 heteroatoms. The Bertz CT molecular complexity index is 1250. The van der Waals surface area contributed by atoms with Crippen LogP contribution in [0.1, 0.15) is 29.8 Å². The van der Waals surface area contributed by atoms with Crippen LogP contribution in [0.4, 0.5) is 5.82 Å². The van der Waals surface area contributed by atoms with Crippen molar-refractivity contribution in [1.82, 2.24) is 19.3 Å². The van der Waals surface area contributed by atoms with Crippen molar-refractivity contribution in [2.24, 2.45) is 5.14 Å². The number of anilines is 1. The van der Waals surface area contributed by atoms with Crippen LogP contribution in [0.5, 0.6) is 0 Å². The largest absolute Gasteiger partial charge is 0.387 e. The maximum atomic E-state index is 11.2. The monoisotopic (exact) mass is 460 g/mol. The zero-order valence-corrected chi connectivity index (χ0v) is 17.8. The number of fused-ring (bicyclic) bond motifs is 2. The number of nitrogens with zero attached hydrogens (tertiary/aromatic N) is 3. The molecule has 5 rings (SSSR count). The van der Waals surface area contributed by atoms with E-state index in [0.29, 0.717) is 11.5 Å². The minimum atomic E-state index is -3.96. The van der Waals surface area contributed by atoms with Crippen LogP contribution in [0.15, 0.2) is 42.9 Å². The van der Waals surface area contributed by atoms with Crippen molar-refractivity contribution < 1.29 is 23.4 Å². The average molecular weight is 461 g/mol. The molecule has 6 N–H and O–H groups in total. The summed E-state index contributed by atoms with van der Waals surface area (Å²) in [6.07, 6.45) is 0.568. The number of rotatable bonds is 6. The van der Waals surface area contributed by atoms with Gasteiger partial charge in [-0.1, -0.05) is 24.3 Å². The van der Waals surface area contributed by atoms with Gasteiger partial charge in [0.25, 0.3) is 10.2 Å². The SMILES string of the molecule is NS(=O)(=O)NC[C@H]1O[C@@H](n2ccc3c(NC4CCc5ccccc54)ncnc32)[C@H](O)[C@@H]1O. The highest BCUT2D eigenvalue weighted by molar-refractivity contribution is 7.87. The van der Waals surface area contributed by atoms with Crippen LogP contribution in [0.3, 0.4) is 0 Å². The van der Waals surface area contributed by atoms with E-state index in [4.69, 9.17) is 9.88 Å². The second-order valence-corrected chi connectivity index (χ2v) is 9.44. The highest BCUT2D eigenvalue weighted by Crippen LogP contribution is 2.36. The lowest BCUT2D eigenvalue weighted by Gasteiger charge is -2.18. The minimum absolute atomic E-state index is 0.136. The van der Waals surface area contributed by atoms with Crippen LogP contribution in [0.25, 0.3) is 11.0 Å². The van der Waals surface area contributed by atoms with Crippen molar-refractivity contribution >= 4 is 27.1 Å². The zero-order valence-electron chi connectivity index (χ0n) is 17.0. The predicted octanol–water partition coefficient (Wildman–Crippen LogP) is -0.0570. The fraction of sp³-hybridized carbons (Fsp3) is 0.400. The third kappa shape index (κ3) is 3.85. The van der Waals surface area contributed by atoms with E-state index in [9.17, 15) is 18.6 Å². The number of hydrogen-bond donors (Lipinski definition) is 5. The second-order valence-electron chi connectivity index (χ2n) is 8.06. The molecule has 0 spiro atoms. The summed E-state index contributed by atoms with van der Waals surface area (Å²) in [4.78, 5) is 8.75. The Balaban J connectivity index is 1.40. The quantitative estimate of drug-likeness (QED) is 0.341. The van der Waals surface area contributed by atoms with Crippen molar-refractivity contribution in [2.45, 2.75) is 43.4 Å². The second kappa shape index (κ2) is 8.06. The molecular formula is C20H24N6O5S. The Labute approximate surface area is 184 Å². The van der Waals surface area contributed by atoms with Crippen molar-refractivity contribution in [3.63, 3.8) is 0 Å². The molecule has 1 aliphatic carbocycles. The van der Waals surface area contributed by atoms with Gasteiger partial charge in [0.05, 0.1) is 11.4 Å². The predicted molar refractivity (Wildman–Crippen MR) is 116 cm³/mol. The summed E-state index contributed by atoms with van der Waals surface area (Å²) in [6, 6.07) is 10.3. The van der Waals surface area contributed by atoms with Crippen LogP contribution >= 0.6 is 0 Å². The first kappa shape index (κ1) is 21.2. The lowest BCUT2D eigenvalue weighted by atomic mass is 10.1. The van der Waals surface area contributed by atoms with Crippen LogP contribution in [0.2, 0.25) is 0 Å². The van der Waals surface area contributed by atoms with Crippen LogP contribution in [-0.4, -0.2) is 58.0 Å². The van der Waals surface area contributed by atoms with E-state index in [1.165, 1.54) is 17.5 Å². The van der Waals surface area contributed by atoms with Gasteiger partial charge in [-0.2, -0.15) is 13.1 Å². The van der Waals surface area contributed by atoms with Gasteiger partial charge in [0.15, 0.2) is 6.23 Å². The number of aliphatic hydroxyl groups is 2. The smallest absolute Gasteiger partial charge is 0.274 e. The van der Waals surface area contributed by atoms with Gasteiger partial charge in [0.1, 0.15) is 36.1 Å². The summed E-state index contributed by atoms with van der Waals surface area (Å²) in [5, 5.41) is 30.0. The van der Waals surface area contributed by atoms with Crippen LogP contribution in [0, 0.1) is 0 Å². The molecule has 1 aromatic carbocycles. The Morgan fingerprint density at radius 3 is 2.81 bits per heavy atom. The molecule has 3 heterocycles. The number of aromatic nitrogens is 3. The molecule has 0 radical (unpaired) electrons. The van der Waals surface area contributed by atoms with E-state index < -0.39 is 34.7 Å². The van der Waals surface area contributed by atoms with Crippen LogP contribution in [-0.2, 0) is 21.4 Å². The maximum absolute atomic E-state index is 11.2. The van der Waals surface area contributed by atoms with Crippen molar-refractivity contribution in [3.8, 4) is 0 Å². The molecule has 1 fully saturated rings. The lowest BCUT2D eigenvalue weighted by molar-refractivity contribution is -0.0326. The van der Waals surface area contributed by atoms with Gasteiger partial charge in [-0.05, 0) is 30.0 Å². The normalized spacial score (nSPS) is 27.7. The third-order valence-electron chi connectivity index (χ3n) is 6.05.